The third-order valence-electron chi connectivity index (χ3n) is 17.6. The van der Waals surface area contributed by atoms with Crippen LogP contribution in [0.1, 0.15) is 130 Å². The Morgan fingerprint density at radius 3 is 0.788 bits per heavy atom. The Morgan fingerprint density at radius 1 is 0.265 bits per heavy atom. The van der Waals surface area contributed by atoms with Crippen molar-refractivity contribution >= 4 is 44.1 Å². The molecule has 0 unspecified atom stereocenters. The number of fused-ring (bicyclic) bond motifs is 4. The number of imidazole rings is 4. The van der Waals surface area contributed by atoms with Crippen LogP contribution in [0.3, 0.4) is 0 Å². The summed E-state index contributed by atoms with van der Waals surface area (Å²) in [6.45, 7) is 5.75. The normalized spacial score (nSPS) is 11.2. The summed E-state index contributed by atoms with van der Waals surface area (Å²) in [4.78, 5) is 28.2. The van der Waals surface area contributed by atoms with Crippen molar-refractivity contribution in [2.45, 2.75) is 133 Å². The minimum Gasteiger partial charge on any atom is -0.342 e. The van der Waals surface area contributed by atoms with Gasteiger partial charge in [0.05, 0.1) is 60.8 Å². The van der Waals surface area contributed by atoms with E-state index in [2.05, 4.69) is 39.9 Å². The van der Waals surface area contributed by atoms with E-state index in [1.807, 2.05) is 25.1 Å². The summed E-state index contributed by atoms with van der Waals surface area (Å²) in [5, 5.41) is 0. The van der Waals surface area contributed by atoms with Gasteiger partial charge in [-0.1, -0.05) is 153 Å². The highest BCUT2D eigenvalue weighted by Gasteiger charge is 2.72. The van der Waals surface area contributed by atoms with Gasteiger partial charge >= 0.3 is 12.4 Å². The fourth-order valence-corrected chi connectivity index (χ4v) is 12.4. The molecule has 0 amide bonds. The van der Waals surface area contributed by atoms with Crippen LogP contribution in [0.5, 0.6) is 0 Å². The number of nitrogens with zero attached hydrogens (tertiary/aromatic N) is 4. The summed E-state index contributed by atoms with van der Waals surface area (Å²) in [7, 11) is 0. The first-order valence-electron chi connectivity index (χ1n) is 30.2. The summed E-state index contributed by atoms with van der Waals surface area (Å²) in [5.74, 6) is -32.9. The van der Waals surface area contributed by atoms with E-state index in [-0.39, 0.29) is 108 Å². The molecule has 14 rings (SSSR count). The maximum Gasteiger partial charge on any atom is 0.411 e. The zero-order valence-corrected chi connectivity index (χ0v) is 52.6. The molecule has 113 heavy (non-hydrogen) atoms. The molecule has 0 aliphatic carbocycles. The molecular weight excluding hydrogens is 1530 g/mol. The van der Waals surface area contributed by atoms with E-state index in [0.717, 1.165) is 47.0 Å². The van der Waals surface area contributed by atoms with E-state index in [9.17, 15) is 43.9 Å². The standard InChI is InChI=1S/C44H24F14N4.C29H16F8N4.10CH4/c1-18-3-9-23(10-4-18)42(43(53,54)55,44(56,57)58)24-11-5-20(6-12-24)31-37(49)33(45)25(34(46)38(31)50)17-26-35(47)39(51)32(40(52)36(26)48)41-61-28-14-8-22(16-30(28)62-41)21-7-13-27-29(15-21)60-19(2)59-27;1-10-21(30)23(32)14(24(33)22(10)31)9-15-25(34)27(36)20(28(37)26(15)35)29-40-17-6-4-13(8-19(17)41-29)12-3-5-16-18(7-12)39-11(2)38-16;;;;;;;;;;/h3-16H,17H2,1-2H3,(H,59,60)(H,61,62);3-8H,9H2,1-2H3,(H,38,39)(H,40,41);10*1H4. The van der Waals surface area contributed by atoms with E-state index in [4.69, 9.17) is 0 Å². The average Bonchev–Trinajstić information content (AvgIpc) is 1.45. The number of H-pyrrole nitrogens is 4. The van der Waals surface area contributed by atoms with Crippen LogP contribution in [0.4, 0.5) is 96.6 Å². The minimum atomic E-state index is -6.03. The van der Waals surface area contributed by atoms with Crippen LogP contribution >= 0.6 is 0 Å². The molecule has 0 atom stereocenters. The number of hydrogen-bond acceptors (Lipinski definition) is 4. The number of hydrogen-bond donors (Lipinski definition) is 4. The maximum absolute atomic E-state index is 15.6. The molecule has 4 N–H and O–H groups in total. The van der Waals surface area contributed by atoms with Gasteiger partial charge in [0.1, 0.15) is 23.3 Å². The van der Waals surface area contributed by atoms with Crippen LogP contribution in [-0.4, -0.2) is 52.2 Å². The van der Waals surface area contributed by atoms with Crippen LogP contribution in [0, 0.1) is 121 Å². The lowest BCUT2D eigenvalue weighted by Crippen LogP contribution is -2.54. The summed E-state index contributed by atoms with van der Waals surface area (Å²) in [6.07, 6.45) is -15.4. The SMILES string of the molecule is C.C.C.C.C.C.C.C.C.C.Cc1ccc(C(c2ccc(-c3c(F)c(F)c(Cc4c(F)c(F)c(-c5nc6ccc(-c7ccc8nc(C)[nH]c8c7)cc6[nH]5)c(F)c4F)c(F)c3F)cc2)(C(F)(F)F)C(F)(F)F)cc1.Cc1nc2ccc(-c3ccc4nc(-c5c(F)c(F)c(Cc6c(F)c(F)c(C)c(F)c6F)c(F)c5F)[nH]c4c3)cc2[nH]1. The van der Waals surface area contributed by atoms with Crippen molar-refractivity contribution in [3.63, 3.8) is 0 Å². The molecule has 14 aromatic rings. The second-order valence-electron chi connectivity index (χ2n) is 24.0. The first-order valence-corrected chi connectivity index (χ1v) is 30.2. The first kappa shape index (κ1) is 95.7. The van der Waals surface area contributed by atoms with Crippen LogP contribution in [-0.2, 0) is 18.3 Å². The predicted molar refractivity (Wildman–Crippen MR) is 402 cm³/mol. The van der Waals surface area contributed by atoms with Crippen molar-refractivity contribution in [2.24, 2.45) is 0 Å². The molecule has 4 aromatic heterocycles. The van der Waals surface area contributed by atoms with Gasteiger partial charge in [-0.25, -0.2) is 90.2 Å². The van der Waals surface area contributed by atoms with Gasteiger partial charge in [0, 0.05) is 40.7 Å². The molecule has 0 aliphatic heterocycles. The lowest BCUT2D eigenvalue weighted by atomic mass is 9.72. The predicted octanol–water partition coefficient (Wildman–Crippen LogP) is 27.6. The van der Waals surface area contributed by atoms with Crippen LogP contribution < -0.4 is 0 Å². The maximum atomic E-state index is 15.6. The number of alkyl halides is 6. The van der Waals surface area contributed by atoms with E-state index in [1.165, 1.54) is 19.1 Å². The van der Waals surface area contributed by atoms with Crippen molar-refractivity contribution in [1.82, 2.24) is 39.9 Å². The number of aromatic amines is 4. The van der Waals surface area contributed by atoms with Crippen molar-refractivity contribution in [1.29, 1.82) is 0 Å². The number of aromatic nitrogens is 8. The molecule has 8 nitrogen and oxygen atoms in total. The lowest BCUT2D eigenvalue weighted by Gasteiger charge is -2.38. The monoisotopic (exact) mass is 1610 g/mol. The smallest absolute Gasteiger partial charge is 0.342 e. The molecule has 0 saturated carbocycles. The highest BCUT2D eigenvalue weighted by atomic mass is 19.4. The molecule has 0 saturated heterocycles. The molecule has 606 valence electrons. The Hall–Kier alpha value is -11.5. The Morgan fingerprint density at radius 2 is 0.504 bits per heavy atom. The number of aryl methyl sites for hydroxylation is 3. The second-order valence-corrected chi connectivity index (χ2v) is 24.0. The van der Waals surface area contributed by atoms with Gasteiger partial charge in [0.2, 0.25) is 5.41 Å². The van der Waals surface area contributed by atoms with E-state index in [0.29, 0.717) is 57.9 Å². The number of nitrogens with one attached hydrogen (secondary N) is 4. The van der Waals surface area contributed by atoms with Gasteiger partial charge in [0.15, 0.2) is 93.1 Å². The molecule has 4 heterocycles. The molecule has 10 aromatic carbocycles. The summed E-state index contributed by atoms with van der Waals surface area (Å²) < 4.78 is 329. The van der Waals surface area contributed by atoms with Crippen LogP contribution in [0.2, 0.25) is 0 Å². The fraction of sp³-hybridized carbons (Fsp3) is 0.229. The summed E-state index contributed by atoms with van der Waals surface area (Å²) in [6, 6.07) is 24.6. The minimum absolute atomic E-state index is 0. The Balaban J connectivity index is 0.000000573. The quantitative estimate of drug-likeness (QED) is 0.0763. The molecular formula is C83H80F22N8. The Kier molecular flexibility index (Phi) is 29.7. The summed E-state index contributed by atoms with van der Waals surface area (Å²) in [5.41, 5.74) is -12.9. The van der Waals surface area contributed by atoms with Crippen LogP contribution in [0.15, 0.2) is 121 Å². The average molecular weight is 1610 g/mol. The topological polar surface area (TPSA) is 115 Å². The molecule has 0 spiro atoms. The van der Waals surface area contributed by atoms with Crippen molar-refractivity contribution in [3.8, 4) is 56.2 Å². The van der Waals surface area contributed by atoms with E-state index >= 15 is 52.7 Å². The molecule has 30 heteroatoms. The van der Waals surface area contributed by atoms with Gasteiger partial charge in [0.25, 0.3) is 0 Å². The fourth-order valence-electron chi connectivity index (χ4n) is 12.4. The Bertz CT molecular complexity index is 5680. The van der Waals surface area contributed by atoms with Gasteiger partial charge in [-0.3, -0.25) is 0 Å². The second kappa shape index (κ2) is 35.1. The van der Waals surface area contributed by atoms with Crippen molar-refractivity contribution in [3.05, 3.63) is 271 Å². The van der Waals surface area contributed by atoms with Gasteiger partial charge < -0.3 is 19.9 Å². The number of rotatable bonds is 11. The molecule has 0 bridgehead atoms. The highest BCUT2D eigenvalue weighted by Crippen LogP contribution is 2.57. The van der Waals surface area contributed by atoms with Crippen molar-refractivity contribution < 1.29 is 96.6 Å². The third kappa shape index (κ3) is 16.1. The number of halogens is 22. The number of benzene rings is 10. The van der Waals surface area contributed by atoms with E-state index < -0.39 is 197 Å². The molecule has 0 fully saturated rings. The molecule has 0 radical (unpaired) electrons. The Labute approximate surface area is 637 Å². The first-order chi connectivity index (χ1) is 48.6. The highest BCUT2D eigenvalue weighted by molar-refractivity contribution is 5.90. The van der Waals surface area contributed by atoms with Crippen molar-refractivity contribution in [2.75, 3.05) is 0 Å². The summed E-state index contributed by atoms with van der Waals surface area (Å²) >= 11 is 0. The van der Waals surface area contributed by atoms with Gasteiger partial charge in [-0.05, 0) is 115 Å². The molecule has 0 aliphatic rings. The van der Waals surface area contributed by atoms with Crippen LogP contribution in [0.25, 0.3) is 100 Å². The zero-order valence-electron chi connectivity index (χ0n) is 52.6. The van der Waals surface area contributed by atoms with E-state index in [1.54, 1.807) is 49.4 Å². The lowest BCUT2D eigenvalue weighted by molar-refractivity contribution is -0.288. The van der Waals surface area contributed by atoms with Gasteiger partial charge in [-0.15, -0.1) is 0 Å². The third-order valence-corrected chi connectivity index (χ3v) is 17.6. The largest absolute Gasteiger partial charge is 0.411 e. The zero-order chi connectivity index (χ0) is 74.1. The van der Waals surface area contributed by atoms with Gasteiger partial charge in [-0.2, -0.15) is 26.3 Å².